The van der Waals surface area contributed by atoms with Crippen molar-refractivity contribution in [2.45, 2.75) is 6.42 Å². The van der Waals surface area contributed by atoms with Crippen LogP contribution in [0.1, 0.15) is 16.8 Å². The number of benzene rings is 2. The molecule has 5 heteroatoms. The molecule has 2 aromatic carbocycles. The van der Waals surface area contributed by atoms with E-state index in [1.54, 1.807) is 0 Å². The van der Waals surface area contributed by atoms with Crippen molar-refractivity contribution in [2.24, 2.45) is 0 Å². The maximum absolute atomic E-state index is 13.5. The first-order valence-electron chi connectivity index (χ1n) is 6.61. The Bertz CT molecular complexity index is 602. The van der Waals surface area contributed by atoms with Gasteiger partial charge in [-0.2, -0.15) is 0 Å². The van der Waals surface area contributed by atoms with Crippen LogP contribution in [0.5, 0.6) is 11.5 Å². The summed E-state index contributed by atoms with van der Waals surface area (Å²) in [6.45, 7) is 0.842. The van der Waals surface area contributed by atoms with Gasteiger partial charge < -0.3 is 15.2 Å². The number of ether oxygens (including phenoxy) is 1. The molecule has 2 aromatic rings. The van der Waals surface area contributed by atoms with Gasteiger partial charge in [0.15, 0.2) is 0 Å². The Hall–Kier alpha value is -2.56. The van der Waals surface area contributed by atoms with E-state index >= 15 is 0 Å². The van der Waals surface area contributed by atoms with Crippen LogP contribution < -0.4 is 10.1 Å². The predicted molar refractivity (Wildman–Crippen MR) is 77.0 cm³/mol. The predicted octanol–water partition coefficient (Wildman–Crippen LogP) is 2.73. The summed E-state index contributed by atoms with van der Waals surface area (Å²) < 4.78 is 18.9. The monoisotopic (exact) mass is 289 g/mol. The molecule has 0 spiro atoms. The second-order valence-corrected chi connectivity index (χ2v) is 4.44. The summed E-state index contributed by atoms with van der Waals surface area (Å²) in [6, 6.07) is 12.8. The first kappa shape index (κ1) is 14.8. The Morgan fingerprint density at radius 1 is 1.19 bits per heavy atom. The Balaban J connectivity index is 1.72. The highest BCUT2D eigenvalue weighted by atomic mass is 19.1. The minimum atomic E-state index is -0.743. The van der Waals surface area contributed by atoms with E-state index in [9.17, 15) is 9.18 Å². The minimum Gasteiger partial charge on any atom is -0.508 e. The Kier molecular flexibility index (Phi) is 5.15. The van der Waals surface area contributed by atoms with Crippen LogP contribution >= 0.6 is 0 Å². The summed E-state index contributed by atoms with van der Waals surface area (Å²) in [5.74, 6) is -0.686. The zero-order chi connectivity index (χ0) is 15.1. The second kappa shape index (κ2) is 7.28. The molecular weight excluding hydrogens is 273 g/mol. The molecule has 0 bridgehead atoms. The number of carbonyl (C=O) groups is 1. The molecule has 0 saturated carbocycles. The minimum absolute atomic E-state index is 0.0863. The van der Waals surface area contributed by atoms with Crippen molar-refractivity contribution in [1.29, 1.82) is 0 Å². The van der Waals surface area contributed by atoms with Gasteiger partial charge in [-0.25, -0.2) is 4.39 Å². The summed E-state index contributed by atoms with van der Waals surface area (Å²) in [4.78, 5) is 11.7. The molecule has 1 amide bonds. The van der Waals surface area contributed by atoms with Gasteiger partial charge in [-0.1, -0.05) is 18.2 Å². The SMILES string of the molecule is O=C(NCCCOc1ccccc1)c1ccc(O)cc1F. The Labute approximate surface area is 122 Å². The number of carbonyl (C=O) groups excluding carboxylic acids is 1. The summed E-state index contributed by atoms with van der Waals surface area (Å²) in [5.41, 5.74) is -0.0863. The second-order valence-electron chi connectivity index (χ2n) is 4.44. The van der Waals surface area contributed by atoms with E-state index in [0.717, 1.165) is 11.8 Å². The van der Waals surface area contributed by atoms with Crippen LogP contribution in [0.2, 0.25) is 0 Å². The van der Waals surface area contributed by atoms with Crippen molar-refractivity contribution in [3.63, 3.8) is 0 Å². The number of nitrogens with one attached hydrogen (secondary N) is 1. The zero-order valence-corrected chi connectivity index (χ0v) is 11.4. The maximum atomic E-state index is 13.5. The number of hydrogen-bond acceptors (Lipinski definition) is 3. The number of rotatable bonds is 6. The first-order chi connectivity index (χ1) is 10.2. The van der Waals surface area contributed by atoms with Gasteiger partial charge in [-0.3, -0.25) is 4.79 Å². The van der Waals surface area contributed by atoms with E-state index in [2.05, 4.69) is 5.32 Å². The molecule has 0 fully saturated rings. The van der Waals surface area contributed by atoms with Gasteiger partial charge in [-0.05, 0) is 30.7 Å². The lowest BCUT2D eigenvalue weighted by Gasteiger charge is -2.08. The molecule has 0 heterocycles. The van der Waals surface area contributed by atoms with Gasteiger partial charge in [0, 0.05) is 12.6 Å². The molecular formula is C16H16FNO3. The van der Waals surface area contributed by atoms with Gasteiger partial charge in [0.05, 0.1) is 12.2 Å². The van der Waals surface area contributed by atoms with E-state index in [1.807, 2.05) is 30.3 Å². The van der Waals surface area contributed by atoms with Crippen LogP contribution in [-0.2, 0) is 0 Å². The van der Waals surface area contributed by atoms with Crippen molar-refractivity contribution >= 4 is 5.91 Å². The van der Waals surface area contributed by atoms with Gasteiger partial charge in [-0.15, -0.1) is 0 Å². The summed E-state index contributed by atoms with van der Waals surface area (Å²) in [7, 11) is 0. The van der Waals surface area contributed by atoms with Crippen molar-refractivity contribution in [3.05, 3.63) is 59.9 Å². The van der Waals surface area contributed by atoms with Gasteiger partial charge in [0.2, 0.25) is 0 Å². The summed E-state index contributed by atoms with van der Waals surface area (Å²) >= 11 is 0. The van der Waals surface area contributed by atoms with Crippen LogP contribution in [0.4, 0.5) is 4.39 Å². The first-order valence-corrected chi connectivity index (χ1v) is 6.61. The van der Waals surface area contributed by atoms with Crippen LogP contribution in [0.25, 0.3) is 0 Å². The molecule has 0 atom stereocenters. The molecule has 0 saturated heterocycles. The molecule has 0 aliphatic heterocycles. The van der Waals surface area contributed by atoms with Crippen molar-refractivity contribution in [3.8, 4) is 11.5 Å². The lowest BCUT2D eigenvalue weighted by molar-refractivity contribution is 0.0947. The zero-order valence-electron chi connectivity index (χ0n) is 11.4. The molecule has 0 radical (unpaired) electrons. The summed E-state index contributed by atoms with van der Waals surface area (Å²) in [6.07, 6.45) is 0.611. The topological polar surface area (TPSA) is 58.6 Å². The third kappa shape index (κ3) is 4.49. The molecule has 0 aliphatic carbocycles. The smallest absolute Gasteiger partial charge is 0.254 e. The third-order valence-corrected chi connectivity index (χ3v) is 2.82. The molecule has 4 nitrogen and oxygen atoms in total. The van der Waals surface area contributed by atoms with E-state index in [4.69, 9.17) is 9.84 Å². The number of phenolic OH excluding ortho intramolecular Hbond substituents is 1. The number of hydrogen-bond donors (Lipinski definition) is 2. The highest BCUT2D eigenvalue weighted by molar-refractivity contribution is 5.94. The highest BCUT2D eigenvalue weighted by Crippen LogP contribution is 2.14. The lowest BCUT2D eigenvalue weighted by atomic mass is 10.2. The van der Waals surface area contributed by atoms with Gasteiger partial charge in [0.1, 0.15) is 17.3 Å². The lowest BCUT2D eigenvalue weighted by Crippen LogP contribution is -2.26. The molecule has 2 rings (SSSR count). The Morgan fingerprint density at radius 3 is 2.67 bits per heavy atom. The van der Waals surface area contributed by atoms with Crippen LogP contribution in [0.15, 0.2) is 48.5 Å². The maximum Gasteiger partial charge on any atom is 0.254 e. The Morgan fingerprint density at radius 2 is 1.95 bits per heavy atom. The van der Waals surface area contributed by atoms with Crippen molar-refractivity contribution in [1.82, 2.24) is 5.32 Å². The van der Waals surface area contributed by atoms with E-state index < -0.39 is 11.7 Å². The van der Waals surface area contributed by atoms with E-state index in [-0.39, 0.29) is 11.3 Å². The number of amides is 1. The normalized spacial score (nSPS) is 10.1. The van der Waals surface area contributed by atoms with Crippen LogP contribution in [-0.4, -0.2) is 24.2 Å². The molecule has 0 unspecified atom stereocenters. The number of para-hydroxylation sites is 1. The van der Waals surface area contributed by atoms with Crippen molar-refractivity contribution in [2.75, 3.05) is 13.2 Å². The molecule has 21 heavy (non-hydrogen) atoms. The fraction of sp³-hybridized carbons (Fsp3) is 0.188. The average Bonchev–Trinajstić information content (AvgIpc) is 2.47. The quantitative estimate of drug-likeness (QED) is 0.804. The fourth-order valence-corrected chi connectivity index (χ4v) is 1.76. The molecule has 0 aliphatic rings. The fourth-order valence-electron chi connectivity index (χ4n) is 1.76. The van der Waals surface area contributed by atoms with Crippen LogP contribution in [0.3, 0.4) is 0 Å². The number of phenols is 1. The van der Waals surface area contributed by atoms with E-state index in [0.29, 0.717) is 19.6 Å². The number of aromatic hydroxyl groups is 1. The highest BCUT2D eigenvalue weighted by Gasteiger charge is 2.11. The summed E-state index contributed by atoms with van der Waals surface area (Å²) in [5, 5.41) is 11.7. The largest absolute Gasteiger partial charge is 0.508 e. The van der Waals surface area contributed by atoms with Crippen molar-refractivity contribution < 1.29 is 19.0 Å². The molecule has 2 N–H and O–H groups in total. The number of halogens is 1. The average molecular weight is 289 g/mol. The third-order valence-electron chi connectivity index (χ3n) is 2.82. The molecule has 110 valence electrons. The van der Waals surface area contributed by atoms with Gasteiger partial charge >= 0.3 is 0 Å². The molecule has 0 aromatic heterocycles. The van der Waals surface area contributed by atoms with E-state index in [1.165, 1.54) is 12.1 Å². The van der Waals surface area contributed by atoms with Crippen LogP contribution in [0, 0.1) is 5.82 Å². The standard InChI is InChI=1S/C16H16FNO3/c17-15-11-12(19)7-8-14(15)16(20)18-9-4-10-21-13-5-2-1-3-6-13/h1-3,5-8,11,19H,4,9-10H2,(H,18,20). The van der Waals surface area contributed by atoms with Gasteiger partial charge in [0.25, 0.3) is 5.91 Å².